The number of hydrazine groups is 1. The molecular formula is C8H7Br2ClN2O2. The molecule has 0 atom stereocenters. The maximum Gasteiger partial charge on any atom is 0.271 e. The van der Waals surface area contributed by atoms with E-state index in [4.69, 9.17) is 22.2 Å². The highest BCUT2D eigenvalue weighted by Crippen LogP contribution is 2.35. The van der Waals surface area contributed by atoms with Crippen molar-refractivity contribution in [2.24, 2.45) is 5.84 Å². The van der Waals surface area contributed by atoms with Crippen LogP contribution in [0.15, 0.2) is 21.1 Å². The molecule has 3 N–H and O–H groups in total. The quantitative estimate of drug-likeness (QED) is 0.495. The van der Waals surface area contributed by atoms with E-state index < -0.39 is 5.91 Å². The molecule has 1 aromatic carbocycles. The number of hydrogen-bond acceptors (Lipinski definition) is 3. The number of carbonyl (C=O) groups is 1. The van der Waals surface area contributed by atoms with E-state index in [1.54, 1.807) is 12.1 Å². The molecule has 0 saturated heterocycles. The molecule has 0 aliphatic carbocycles. The van der Waals surface area contributed by atoms with Gasteiger partial charge in [-0.1, -0.05) is 27.5 Å². The molecule has 0 aromatic heterocycles. The number of halogens is 3. The number of amides is 1. The summed E-state index contributed by atoms with van der Waals surface area (Å²) in [6.07, 6.45) is 0. The van der Waals surface area contributed by atoms with E-state index in [9.17, 15) is 4.79 Å². The van der Waals surface area contributed by atoms with Crippen LogP contribution in [0, 0.1) is 0 Å². The summed E-state index contributed by atoms with van der Waals surface area (Å²) in [4.78, 5) is 10.8. The Kier molecular flexibility index (Phi) is 4.85. The van der Waals surface area contributed by atoms with Crippen molar-refractivity contribution >= 4 is 49.4 Å². The third kappa shape index (κ3) is 3.64. The summed E-state index contributed by atoms with van der Waals surface area (Å²) < 4.78 is 6.66. The van der Waals surface area contributed by atoms with Crippen LogP contribution >= 0.6 is 43.5 Å². The van der Waals surface area contributed by atoms with Gasteiger partial charge in [-0.05, 0) is 28.1 Å². The summed E-state index contributed by atoms with van der Waals surface area (Å²) >= 11 is 12.5. The Morgan fingerprint density at radius 1 is 1.53 bits per heavy atom. The van der Waals surface area contributed by atoms with E-state index in [1.807, 2.05) is 5.43 Å². The van der Waals surface area contributed by atoms with Crippen molar-refractivity contribution in [2.75, 3.05) is 6.61 Å². The molecule has 0 unspecified atom stereocenters. The molecule has 0 radical (unpaired) electrons. The van der Waals surface area contributed by atoms with Crippen LogP contribution in [0.5, 0.6) is 5.75 Å². The van der Waals surface area contributed by atoms with Gasteiger partial charge in [0, 0.05) is 4.47 Å². The minimum atomic E-state index is -0.430. The summed E-state index contributed by atoms with van der Waals surface area (Å²) in [5.41, 5.74) is 1.95. The molecule has 0 fully saturated rings. The first-order valence-corrected chi connectivity index (χ1v) is 5.77. The van der Waals surface area contributed by atoms with Gasteiger partial charge in [-0.15, -0.1) is 0 Å². The lowest BCUT2D eigenvalue weighted by molar-refractivity contribution is -0.123. The molecule has 7 heteroatoms. The Morgan fingerprint density at radius 2 is 2.20 bits per heavy atom. The monoisotopic (exact) mass is 356 g/mol. The van der Waals surface area contributed by atoms with E-state index >= 15 is 0 Å². The number of nitrogens with one attached hydrogen (secondary N) is 1. The maximum atomic E-state index is 10.8. The predicted octanol–water partition coefficient (Wildman–Crippen LogP) is 2.23. The smallest absolute Gasteiger partial charge is 0.271 e. The zero-order chi connectivity index (χ0) is 11.4. The predicted molar refractivity (Wildman–Crippen MR) is 64.7 cm³/mol. The van der Waals surface area contributed by atoms with Crippen LogP contribution in [0.25, 0.3) is 0 Å². The summed E-state index contributed by atoms with van der Waals surface area (Å²) in [6, 6.07) is 3.43. The SMILES string of the molecule is NNC(=O)COc1c(Cl)cc(Br)cc1Br. The first-order chi connectivity index (χ1) is 7.04. The molecule has 0 heterocycles. The molecule has 4 nitrogen and oxygen atoms in total. The van der Waals surface area contributed by atoms with Gasteiger partial charge in [-0.2, -0.15) is 0 Å². The van der Waals surface area contributed by atoms with Crippen molar-refractivity contribution in [2.45, 2.75) is 0 Å². The molecule has 0 spiro atoms. The zero-order valence-electron chi connectivity index (χ0n) is 7.39. The van der Waals surface area contributed by atoms with Crippen molar-refractivity contribution in [3.63, 3.8) is 0 Å². The first kappa shape index (κ1) is 12.8. The van der Waals surface area contributed by atoms with Crippen LogP contribution in [0.2, 0.25) is 5.02 Å². The standard InChI is InChI=1S/C8H7Br2ClN2O2/c9-4-1-5(10)8(6(11)2-4)15-3-7(14)13-12/h1-2H,3,12H2,(H,13,14). The van der Waals surface area contributed by atoms with E-state index in [0.29, 0.717) is 15.2 Å². The molecule has 0 aliphatic rings. The molecule has 82 valence electrons. The minimum Gasteiger partial charge on any atom is -0.481 e. The van der Waals surface area contributed by atoms with Crippen molar-refractivity contribution in [3.8, 4) is 5.75 Å². The Labute approximate surface area is 108 Å². The number of nitrogens with two attached hydrogens (primary N) is 1. The van der Waals surface area contributed by atoms with Gasteiger partial charge in [0.25, 0.3) is 5.91 Å². The summed E-state index contributed by atoms with van der Waals surface area (Å²) in [7, 11) is 0. The fourth-order valence-electron chi connectivity index (χ4n) is 0.846. The van der Waals surface area contributed by atoms with Crippen LogP contribution in [-0.4, -0.2) is 12.5 Å². The number of ether oxygens (including phenoxy) is 1. The highest BCUT2D eigenvalue weighted by molar-refractivity contribution is 9.11. The molecule has 1 aromatic rings. The summed E-state index contributed by atoms with van der Waals surface area (Å²) in [5.74, 6) is 4.88. The summed E-state index contributed by atoms with van der Waals surface area (Å²) in [5, 5.41) is 0.404. The molecule has 0 bridgehead atoms. The highest BCUT2D eigenvalue weighted by atomic mass is 79.9. The van der Waals surface area contributed by atoms with Crippen molar-refractivity contribution in [1.82, 2.24) is 5.43 Å². The van der Waals surface area contributed by atoms with Gasteiger partial charge in [-0.25, -0.2) is 5.84 Å². The normalized spacial score (nSPS) is 9.87. The van der Waals surface area contributed by atoms with E-state index in [0.717, 1.165) is 4.47 Å². The van der Waals surface area contributed by atoms with Crippen molar-refractivity contribution in [3.05, 3.63) is 26.1 Å². The largest absolute Gasteiger partial charge is 0.481 e. The second kappa shape index (κ2) is 5.69. The average Bonchev–Trinajstić information content (AvgIpc) is 2.15. The van der Waals surface area contributed by atoms with Gasteiger partial charge in [0.05, 0.1) is 9.50 Å². The van der Waals surface area contributed by atoms with Gasteiger partial charge < -0.3 is 4.74 Å². The third-order valence-corrected chi connectivity index (χ3v) is 2.80. The molecule has 1 amide bonds. The Hall–Kier alpha value is -0.300. The van der Waals surface area contributed by atoms with Crippen molar-refractivity contribution in [1.29, 1.82) is 0 Å². The lowest BCUT2D eigenvalue weighted by Gasteiger charge is -2.09. The second-order valence-corrected chi connectivity index (χ2v) is 4.73. The Balaban J connectivity index is 2.81. The lowest BCUT2D eigenvalue weighted by Crippen LogP contribution is -2.34. The van der Waals surface area contributed by atoms with Gasteiger partial charge in [0.15, 0.2) is 12.4 Å². The Morgan fingerprint density at radius 3 is 2.73 bits per heavy atom. The maximum absolute atomic E-state index is 10.8. The third-order valence-electron chi connectivity index (χ3n) is 1.47. The van der Waals surface area contributed by atoms with Crippen LogP contribution < -0.4 is 16.0 Å². The molecule has 0 aliphatic heterocycles. The number of rotatable bonds is 3. The van der Waals surface area contributed by atoms with Gasteiger partial charge in [0.2, 0.25) is 0 Å². The fraction of sp³-hybridized carbons (Fsp3) is 0.125. The lowest BCUT2D eigenvalue weighted by atomic mass is 10.3. The van der Waals surface area contributed by atoms with Crippen LogP contribution in [0.3, 0.4) is 0 Å². The van der Waals surface area contributed by atoms with Gasteiger partial charge in [-0.3, -0.25) is 10.2 Å². The van der Waals surface area contributed by atoms with Crippen molar-refractivity contribution < 1.29 is 9.53 Å². The number of benzene rings is 1. The molecule has 1 rings (SSSR count). The molecule has 15 heavy (non-hydrogen) atoms. The Bertz CT molecular complexity index is 364. The van der Waals surface area contributed by atoms with Crippen LogP contribution in [0.4, 0.5) is 0 Å². The zero-order valence-corrected chi connectivity index (χ0v) is 11.3. The number of carbonyl (C=O) groups excluding carboxylic acids is 1. The highest BCUT2D eigenvalue weighted by Gasteiger charge is 2.10. The average molecular weight is 358 g/mol. The molecular weight excluding hydrogens is 351 g/mol. The fourth-order valence-corrected chi connectivity index (χ4v) is 2.71. The minimum absolute atomic E-state index is 0.184. The number of hydrogen-bond donors (Lipinski definition) is 2. The van der Waals surface area contributed by atoms with E-state index in [-0.39, 0.29) is 6.61 Å². The van der Waals surface area contributed by atoms with Gasteiger partial charge in [0.1, 0.15) is 0 Å². The second-order valence-electron chi connectivity index (χ2n) is 2.55. The topological polar surface area (TPSA) is 64.3 Å². The molecule has 0 saturated carbocycles. The van der Waals surface area contributed by atoms with Gasteiger partial charge >= 0.3 is 0 Å². The van der Waals surface area contributed by atoms with Crippen LogP contribution in [-0.2, 0) is 4.79 Å². The first-order valence-electron chi connectivity index (χ1n) is 3.81. The summed E-state index contributed by atoms with van der Waals surface area (Å²) in [6.45, 7) is -0.184. The van der Waals surface area contributed by atoms with E-state index in [2.05, 4.69) is 31.9 Å². The van der Waals surface area contributed by atoms with E-state index in [1.165, 1.54) is 0 Å². The van der Waals surface area contributed by atoms with Crippen LogP contribution in [0.1, 0.15) is 0 Å².